The number of hydrogen-bond acceptors (Lipinski definition) is 17. The third-order valence-electron chi connectivity index (χ3n) is 13.5. The van der Waals surface area contributed by atoms with Gasteiger partial charge in [0.25, 0.3) is 0 Å². The van der Waals surface area contributed by atoms with Crippen LogP contribution in [0.25, 0.3) is 44.1 Å². The van der Waals surface area contributed by atoms with Gasteiger partial charge in [0.2, 0.25) is 23.6 Å². The van der Waals surface area contributed by atoms with E-state index >= 15 is 0 Å². The summed E-state index contributed by atoms with van der Waals surface area (Å²) in [4.78, 5) is 73.0. The standard InChI is InChI=1S/C56H69FN10O11S/c1-36-51(79-35-60-36)39-11-9-37(10-12-39)30-59-54(71)44-29-41(68)32-67(44)55(72)52(56(2,3)4)61-46(69)33-77-27-25-75-23-21-74-22-24-76-26-28-78-34-47(70)66-19-17-65(18-20-66)40-15-13-38(14-16-40)49-50-43(63-64-49)31-58-53(62-50)48-42(57)7-6-8-45(48)73-5/h6-16,31,35,41,44,52,68H,17-30,32-34H2,1-5H3,(H,59,71)(H,61,69)(H,63,64)/t41-,44+,52-/m1/s1. The van der Waals surface area contributed by atoms with Crippen molar-refractivity contribution in [3.05, 3.63) is 95.5 Å². The summed E-state index contributed by atoms with van der Waals surface area (Å²) in [5.41, 5.74) is 7.79. The second kappa shape index (κ2) is 27.7. The highest BCUT2D eigenvalue weighted by Gasteiger charge is 2.44. The number of β-amino-alcohol motifs (C(OH)–C–C–N with tert-alkyl or cyclic N) is 1. The number of fused-ring (bicyclic) bond motifs is 1. The molecule has 422 valence electrons. The fourth-order valence-corrected chi connectivity index (χ4v) is 10.1. The molecule has 6 aromatic rings. The van der Waals surface area contributed by atoms with Crippen molar-refractivity contribution in [2.75, 3.05) is 111 Å². The Balaban J connectivity index is 0.638. The van der Waals surface area contributed by atoms with Gasteiger partial charge in [-0.2, -0.15) is 5.10 Å². The topological polar surface area (TPSA) is 245 Å². The monoisotopic (exact) mass is 1110 g/mol. The smallest absolute Gasteiger partial charge is 0.248 e. The summed E-state index contributed by atoms with van der Waals surface area (Å²) in [6.45, 7) is 12.0. The zero-order valence-corrected chi connectivity index (χ0v) is 46.0. The van der Waals surface area contributed by atoms with E-state index in [1.807, 2.05) is 76.2 Å². The molecule has 0 unspecified atom stereocenters. The van der Waals surface area contributed by atoms with Crippen molar-refractivity contribution in [1.82, 2.24) is 45.6 Å². The predicted molar refractivity (Wildman–Crippen MR) is 294 cm³/mol. The number of nitrogens with one attached hydrogen (secondary N) is 3. The van der Waals surface area contributed by atoms with E-state index in [1.165, 1.54) is 18.1 Å². The van der Waals surface area contributed by atoms with Crippen LogP contribution in [0.1, 0.15) is 38.4 Å². The number of thiazole rings is 1. The van der Waals surface area contributed by atoms with Crippen molar-refractivity contribution in [2.45, 2.75) is 58.8 Å². The van der Waals surface area contributed by atoms with Crippen molar-refractivity contribution >= 4 is 51.7 Å². The number of piperazine rings is 1. The van der Waals surface area contributed by atoms with E-state index in [9.17, 15) is 28.7 Å². The van der Waals surface area contributed by atoms with Crippen molar-refractivity contribution in [3.8, 4) is 38.8 Å². The van der Waals surface area contributed by atoms with Crippen molar-refractivity contribution in [1.29, 1.82) is 0 Å². The Kier molecular flexibility index (Phi) is 20.4. The minimum absolute atomic E-state index is 0.0276. The van der Waals surface area contributed by atoms with E-state index in [4.69, 9.17) is 28.4 Å². The van der Waals surface area contributed by atoms with Gasteiger partial charge < -0.3 is 58.9 Å². The van der Waals surface area contributed by atoms with Crippen LogP contribution in [0.4, 0.5) is 10.1 Å². The fraction of sp³-hybridized carbons (Fsp3) is 0.464. The molecule has 0 saturated carbocycles. The van der Waals surface area contributed by atoms with Gasteiger partial charge in [-0.15, -0.1) is 11.3 Å². The van der Waals surface area contributed by atoms with Gasteiger partial charge in [0.15, 0.2) is 5.82 Å². The number of aliphatic hydroxyl groups excluding tert-OH is 1. The number of carbonyl (C=O) groups is 4. The molecule has 23 heteroatoms. The van der Waals surface area contributed by atoms with Crippen LogP contribution in [0.2, 0.25) is 0 Å². The van der Waals surface area contributed by atoms with E-state index in [2.05, 4.69) is 40.7 Å². The zero-order valence-electron chi connectivity index (χ0n) is 45.2. The summed E-state index contributed by atoms with van der Waals surface area (Å²) in [6, 6.07) is 18.5. The molecule has 3 aromatic carbocycles. The van der Waals surface area contributed by atoms with E-state index in [-0.39, 0.29) is 75.7 Å². The number of methoxy groups -OCH3 is 1. The van der Waals surface area contributed by atoms with Gasteiger partial charge in [0.1, 0.15) is 53.6 Å². The summed E-state index contributed by atoms with van der Waals surface area (Å²) in [5, 5.41) is 23.7. The number of likely N-dealkylation sites (tertiary alicyclic amines) is 1. The molecule has 3 aromatic heterocycles. The van der Waals surface area contributed by atoms with Crippen LogP contribution in [-0.2, 0) is 49.4 Å². The first-order valence-electron chi connectivity index (χ1n) is 26.3. The van der Waals surface area contributed by atoms with Crippen molar-refractivity contribution < 1.29 is 57.1 Å². The van der Waals surface area contributed by atoms with E-state index in [1.54, 1.807) is 40.1 Å². The minimum atomic E-state index is -0.979. The number of aromatic nitrogens is 5. The molecule has 2 aliphatic rings. The maximum atomic E-state index is 14.8. The largest absolute Gasteiger partial charge is 0.496 e. The number of nitrogens with zero attached hydrogens (tertiary/aromatic N) is 7. The van der Waals surface area contributed by atoms with Crippen LogP contribution in [0, 0.1) is 18.2 Å². The lowest BCUT2D eigenvalue weighted by Gasteiger charge is -2.36. The molecule has 21 nitrogen and oxygen atoms in total. The lowest BCUT2D eigenvalue weighted by molar-refractivity contribution is -0.144. The Bertz CT molecular complexity index is 2980. The average Bonchev–Trinajstić information content (AvgIpc) is 4.24. The van der Waals surface area contributed by atoms with Crippen LogP contribution in [0.5, 0.6) is 5.75 Å². The number of aromatic amines is 1. The third-order valence-corrected chi connectivity index (χ3v) is 14.5. The molecule has 79 heavy (non-hydrogen) atoms. The third kappa shape index (κ3) is 15.4. The van der Waals surface area contributed by atoms with Gasteiger partial charge in [-0.25, -0.2) is 19.3 Å². The van der Waals surface area contributed by atoms with Gasteiger partial charge in [-0.05, 0) is 47.7 Å². The molecule has 0 spiro atoms. The van der Waals surface area contributed by atoms with Crippen LogP contribution < -0.4 is 20.3 Å². The first-order valence-corrected chi connectivity index (χ1v) is 27.2. The van der Waals surface area contributed by atoms with Gasteiger partial charge >= 0.3 is 0 Å². The second-order valence-electron chi connectivity index (χ2n) is 20.1. The number of rotatable bonds is 26. The number of amides is 4. The SMILES string of the molecule is COc1cccc(F)c1-c1ncc2[nH]nc(-c3ccc(N4CCN(C(=O)COCCOCCOCCOCCOCC(=O)N[C@H](C(=O)N5C[C@H](O)C[C@H]5C(=O)NCc5ccc(-c6scnc6C)cc5)C(C)(C)C)CC4)cc3)c2n1. The normalized spacial score (nSPS) is 16.1. The number of aryl methyl sites for hydroxylation is 1. The summed E-state index contributed by atoms with van der Waals surface area (Å²) in [6.07, 6.45) is 0.785. The molecule has 0 bridgehead atoms. The van der Waals surface area contributed by atoms with Crippen LogP contribution >= 0.6 is 11.3 Å². The molecule has 2 fully saturated rings. The Morgan fingerprint density at radius 1 is 0.835 bits per heavy atom. The average molecular weight is 1110 g/mol. The maximum Gasteiger partial charge on any atom is 0.248 e. The van der Waals surface area contributed by atoms with E-state index in [0.29, 0.717) is 81.7 Å². The Morgan fingerprint density at radius 3 is 2.11 bits per heavy atom. The molecule has 2 saturated heterocycles. The molecule has 4 amide bonds. The number of hydrogen-bond donors (Lipinski definition) is 4. The first kappa shape index (κ1) is 58.2. The summed E-state index contributed by atoms with van der Waals surface area (Å²) in [7, 11) is 1.47. The Labute approximate surface area is 462 Å². The molecule has 5 heterocycles. The molecule has 0 radical (unpaired) electrons. The lowest BCUT2D eigenvalue weighted by atomic mass is 9.85. The highest BCUT2D eigenvalue weighted by atomic mass is 32.1. The maximum absolute atomic E-state index is 14.8. The number of H-pyrrole nitrogens is 1. The molecule has 3 atom stereocenters. The Morgan fingerprint density at radius 2 is 1.48 bits per heavy atom. The summed E-state index contributed by atoms with van der Waals surface area (Å²) >= 11 is 1.57. The number of aliphatic hydroxyl groups is 1. The predicted octanol–water partition coefficient (Wildman–Crippen LogP) is 4.81. The van der Waals surface area contributed by atoms with Gasteiger partial charge in [-0.3, -0.25) is 24.3 Å². The highest BCUT2D eigenvalue weighted by Crippen LogP contribution is 2.34. The summed E-state index contributed by atoms with van der Waals surface area (Å²) < 4.78 is 48.0. The molecular formula is C56H69FN10O11S. The number of benzene rings is 3. The molecule has 0 aliphatic carbocycles. The van der Waals surface area contributed by atoms with Gasteiger partial charge in [0.05, 0.1) is 93.9 Å². The van der Waals surface area contributed by atoms with E-state index in [0.717, 1.165) is 32.9 Å². The lowest BCUT2D eigenvalue weighted by Crippen LogP contribution is -2.58. The highest BCUT2D eigenvalue weighted by molar-refractivity contribution is 7.13. The van der Waals surface area contributed by atoms with Crippen molar-refractivity contribution in [2.24, 2.45) is 5.41 Å². The zero-order chi connectivity index (χ0) is 55.9. The molecular weight excluding hydrogens is 1040 g/mol. The molecule has 2 aliphatic heterocycles. The van der Waals surface area contributed by atoms with Gasteiger partial charge in [0, 0.05) is 56.9 Å². The Hall–Kier alpha value is -6.99. The van der Waals surface area contributed by atoms with Crippen LogP contribution in [-0.4, -0.2) is 188 Å². The number of carbonyl (C=O) groups excluding carboxylic acids is 4. The number of anilines is 1. The van der Waals surface area contributed by atoms with Crippen LogP contribution in [0.15, 0.2) is 78.4 Å². The second-order valence-corrected chi connectivity index (χ2v) is 21.0. The van der Waals surface area contributed by atoms with Crippen molar-refractivity contribution in [3.63, 3.8) is 0 Å². The number of halogens is 1. The van der Waals surface area contributed by atoms with Gasteiger partial charge in [-0.1, -0.05) is 63.2 Å². The minimum Gasteiger partial charge on any atom is -0.496 e. The number of ether oxygens (including phenoxy) is 6. The molecule has 8 rings (SSSR count). The molecule has 4 N–H and O–H groups in total. The fourth-order valence-electron chi connectivity index (χ4n) is 9.25. The quantitative estimate of drug-likeness (QED) is 0.0533. The van der Waals surface area contributed by atoms with Crippen LogP contribution in [0.3, 0.4) is 0 Å². The summed E-state index contributed by atoms with van der Waals surface area (Å²) in [5.74, 6) is -1.37. The first-order chi connectivity index (χ1) is 38.2. The van der Waals surface area contributed by atoms with E-state index < -0.39 is 41.2 Å².